The van der Waals surface area contributed by atoms with Crippen molar-refractivity contribution in [3.8, 4) is 17.0 Å². The molecule has 28 heavy (non-hydrogen) atoms. The topological polar surface area (TPSA) is 73.2 Å². The summed E-state index contributed by atoms with van der Waals surface area (Å²) in [5.74, 6) is -0.371. The third-order valence-electron chi connectivity index (χ3n) is 4.14. The molecule has 2 aromatic carbocycles. The second kappa shape index (κ2) is 8.22. The Balaban J connectivity index is 1.85. The van der Waals surface area contributed by atoms with Crippen LogP contribution in [-0.4, -0.2) is 22.8 Å². The summed E-state index contributed by atoms with van der Waals surface area (Å²) in [5.41, 5.74) is 1.21. The number of ether oxygens (including phenoxy) is 1. The van der Waals surface area contributed by atoms with Crippen LogP contribution in [0.5, 0.6) is 5.75 Å². The normalized spacial score (nSPS) is 11.7. The predicted molar refractivity (Wildman–Crippen MR) is 105 cm³/mol. The lowest BCUT2D eigenvalue weighted by molar-refractivity contribution is -0.119. The Bertz CT molecular complexity index is 1070. The molecule has 0 radical (unpaired) electrons. The number of methoxy groups -OCH3 is 1. The average molecular weight is 402 g/mol. The van der Waals surface area contributed by atoms with Crippen LogP contribution in [0.25, 0.3) is 11.3 Å². The number of anilines is 1. The van der Waals surface area contributed by atoms with Crippen LogP contribution in [0.2, 0.25) is 5.02 Å². The van der Waals surface area contributed by atoms with Gasteiger partial charge in [0.1, 0.15) is 17.6 Å². The molecule has 3 aromatic rings. The van der Waals surface area contributed by atoms with Crippen LogP contribution in [0.3, 0.4) is 0 Å². The zero-order valence-corrected chi connectivity index (χ0v) is 15.9. The number of hydrogen-bond donors (Lipinski definition) is 1. The maximum absolute atomic E-state index is 13.3. The number of benzene rings is 2. The Morgan fingerprint density at radius 1 is 1.18 bits per heavy atom. The Kier molecular flexibility index (Phi) is 5.75. The van der Waals surface area contributed by atoms with Gasteiger partial charge in [0.25, 0.3) is 5.56 Å². The molecule has 3 rings (SSSR count). The average Bonchev–Trinajstić information content (AvgIpc) is 2.70. The summed E-state index contributed by atoms with van der Waals surface area (Å²) in [6.07, 6.45) is 0. The second-order valence-corrected chi connectivity index (χ2v) is 6.43. The molecule has 1 amide bonds. The van der Waals surface area contributed by atoms with E-state index in [2.05, 4.69) is 10.4 Å². The number of aromatic nitrogens is 2. The van der Waals surface area contributed by atoms with Crippen LogP contribution in [0.15, 0.2) is 59.4 Å². The Hall–Kier alpha value is -3.19. The quantitative estimate of drug-likeness (QED) is 0.703. The van der Waals surface area contributed by atoms with E-state index < -0.39 is 23.3 Å². The number of hydrogen-bond acceptors (Lipinski definition) is 4. The van der Waals surface area contributed by atoms with Crippen LogP contribution in [-0.2, 0) is 4.79 Å². The number of amides is 1. The lowest BCUT2D eigenvalue weighted by Crippen LogP contribution is -2.33. The number of carbonyl (C=O) groups is 1. The number of carbonyl (C=O) groups excluding carboxylic acids is 1. The molecular weight excluding hydrogens is 385 g/mol. The minimum Gasteiger partial charge on any atom is -0.497 e. The van der Waals surface area contributed by atoms with Crippen LogP contribution < -0.4 is 15.6 Å². The monoisotopic (exact) mass is 401 g/mol. The van der Waals surface area contributed by atoms with E-state index in [0.29, 0.717) is 17.1 Å². The van der Waals surface area contributed by atoms with Crippen molar-refractivity contribution in [3.63, 3.8) is 0 Å². The minimum atomic E-state index is -0.894. The first kappa shape index (κ1) is 19.6. The van der Waals surface area contributed by atoms with Gasteiger partial charge in [0.2, 0.25) is 5.91 Å². The van der Waals surface area contributed by atoms with Crippen molar-refractivity contribution in [3.05, 3.63) is 75.8 Å². The van der Waals surface area contributed by atoms with E-state index in [-0.39, 0.29) is 5.02 Å². The molecule has 0 fully saturated rings. The third-order valence-corrected chi connectivity index (χ3v) is 4.43. The van der Waals surface area contributed by atoms with Crippen molar-refractivity contribution >= 4 is 23.2 Å². The van der Waals surface area contributed by atoms with Crippen molar-refractivity contribution < 1.29 is 13.9 Å². The molecule has 1 N–H and O–H groups in total. The maximum Gasteiger partial charge on any atom is 0.267 e. The van der Waals surface area contributed by atoms with Crippen LogP contribution >= 0.6 is 11.6 Å². The van der Waals surface area contributed by atoms with E-state index in [1.807, 2.05) is 0 Å². The van der Waals surface area contributed by atoms with Crippen LogP contribution in [0, 0.1) is 5.82 Å². The molecule has 0 bridgehead atoms. The van der Waals surface area contributed by atoms with Gasteiger partial charge in [0, 0.05) is 17.3 Å². The fourth-order valence-corrected chi connectivity index (χ4v) is 2.73. The molecule has 0 aliphatic rings. The molecular formula is C20H17ClFN3O3. The fraction of sp³-hybridized carbons (Fsp3) is 0.150. The summed E-state index contributed by atoms with van der Waals surface area (Å²) in [6.45, 7) is 1.55. The highest BCUT2D eigenvalue weighted by Gasteiger charge is 2.18. The number of halogens is 2. The highest BCUT2D eigenvalue weighted by molar-refractivity contribution is 6.31. The third kappa shape index (κ3) is 4.20. The van der Waals surface area contributed by atoms with Crippen molar-refractivity contribution in [1.29, 1.82) is 0 Å². The molecule has 8 heteroatoms. The van der Waals surface area contributed by atoms with Gasteiger partial charge in [-0.05, 0) is 55.5 Å². The van der Waals surface area contributed by atoms with Gasteiger partial charge in [0.05, 0.1) is 17.8 Å². The van der Waals surface area contributed by atoms with Gasteiger partial charge in [-0.1, -0.05) is 11.6 Å². The molecule has 1 aromatic heterocycles. The van der Waals surface area contributed by atoms with Gasteiger partial charge in [-0.15, -0.1) is 0 Å². The molecule has 0 aliphatic heterocycles. The molecule has 0 saturated heterocycles. The van der Waals surface area contributed by atoms with E-state index in [1.54, 1.807) is 44.4 Å². The van der Waals surface area contributed by atoms with Crippen molar-refractivity contribution in [2.24, 2.45) is 0 Å². The summed E-state index contributed by atoms with van der Waals surface area (Å²) < 4.78 is 19.5. The molecule has 0 spiro atoms. The molecule has 1 heterocycles. The Labute approximate surface area is 165 Å². The number of nitrogens with one attached hydrogen (secondary N) is 1. The van der Waals surface area contributed by atoms with Gasteiger partial charge in [0.15, 0.2) is 0 Å². The summed E-state index contributed by atoms with van der Waals surface area (Å²) in [7, 11) is 1.57. The van der Waals surface area contributed by atoms with Crippen LogP contribution in [0.4, 0.5) is 10.1 Å². The highest BCUT2D eigenvalue weighted by atomic mass is 35.5. The molecule has 6 nitrogen and oxygen atoms in total. The molecule has 1 unspecified atom stereocenters. The lowest BCUT2D eigenvalue weighted by atomic mass is 10.1. The first-order valence-corrected chi connectivity index (χ1v) is 8.77. The van der Waals surface area contributed by atoms with Gasteiger partial charge >= 0.3 is 0 Å². The van der Waals surface area contributed by atoms with Gasteiger partial charge in [-0.2, -0.15) is 5.10 Å². The smallest absolute Gasteiger partial charge is 0.267 e. The zero-order chi connectivity index (χ0) is 20.3. The standard InChI is InChI=1S/C20H17ClFN3O3/c1-12(20(27)23-14-5-8-17(22)16(21)11-14)25-19(26)10-9-18(24-25)13-3-6-15(28-2)7-4-13/h3-12H,1-2H3,(H,23,27). The van der Waals surface area contributed by atoms with E-state index in [1.165, 1.54) is 18.2 Å². The summed E-state index contributed by atoms with van der Waals surface area (Å²) >= 11 is 5.73. The van der Waals surface area contributed by atoms with E-state index in [4.69, 9.17) is 16.3 Å². The van der Waals surface area contributed by atoms with Gasteiger partial charge in [-0.25, -0.2) is 9.07 Å². The molecule has 144 valence electrons. The SMILES string of the molecule is COc1ccc(-c2ccc(=O)n(C(C)C(=O)Nc3ccc(F)c(Cl)c3)n2)cc1. The van der Waals surface area contributed by atoms with E-state index >= 15 is 0 Å². The fourth-order valence-electron chi connectivity index (χ4n) is 2.55. The first-order chi connectivity index (χ1) is 13.4. The first-order valence-electron chi connectivity index (χ1n) is 8.39. The molecule has 0 aliphatic carbocycles. The number of nitrogens with zero attached hydrogens (tertiary/aromatic N) is 2. The maximum atomic E-state index is 13.3. The minimum absolute atomic E-state index is 0.109. The van der Waals surface area contributed by atoms with E-state index in [0.717, 1.165) is 16.3 Å². The number of rotatable bonds is 5. The summed E-state index contributed by atoms with van der Waals surface area (Å²) in [6, 6.07) is 13.0. The van der Waals surface area contributed by atoms with Gasteiger partial charge in [-0.3, -0.25) is 9.59 Å². The van der Waals surface area contributed by atoms with Crippen LogP contribution in [0.1, 0.15) is 13.0 Å². The van der Waals surface area contributed by atoms with E-state index in [9.17, 15) is 14.0 Å². The summed E-state index contributed by atoms with van der Waals surface area (Å²) in [5, 5.41) is 6.80. The van der Waals surface area contributed by atoms with Crippen molar-refractivity contribution in [2.45, 2.75) is 13.0 Å². The zero-order valence-electron chi connectivity index (χ0n) is 15.1. The van der Waals surface area contributed by atoms with Gasteiger partial charge < -0.3 is 10.1 Å². The Morgan fingerprint density at radius 2 is 1.89 bits per heavy atom. The van der Waals surface area contributed by atoms with Crippen molar-refractivity contribution in [2.75, 3.05) is 12.4 Å². The Morgan fingerprint density at radius 3 is 2.54 bits per heavy atom. The molecule has 0 saturated carbocycles. The second-order valence-electron chi connectivity index (χ2n) is 6.02. The predicted octanol–water partition coefficient (Wildman–Crippen LogP) is 3.91. The van der Waals surface area contributed by atoms with Crippen molar-refractivity contribution in [1.82, 2.24) is 9.78 Å². The largest absolute Gasteiger partial charge is 0.497 e. The highest BCUT2D eigenvalue weighted by Crippen LogP contribution is 2.22. The lowest BCUT2D eigenvalue weighted by Gasteiger charge is -2.15. The molecule has 1 atom stereocenters. The summed E-state index contributed by atoms with van der Waals surface area (Å²) in [4.78, 5) is 24.8.